The number of nitrogens with zero attached hydrogens (tertiary/aromatic N) is 3. The molecule has 6 nitrogen and oxygen atoms in total. The number of carbonyl (C=O) groups excluding carboxylic acids is 1. The number of rotatable bonds is 4. The van der Waals surface area contributed by atoms with Crippen molar-refractivity contribution in [3.8, 4) is 11.5 Å². The molecule has 0 spiro atoms. The minimum Gasteiger partial charge on any atom is -0.354 e. The van der Waals surface area contributed by atoms with Crippen molar-refractivity contribution in [1.29, 1.82) is 0 Å². The van der Waals surface area contributed by atoms with Gasteiger partial charge in [0, 0.05) is 19.2 Å². The van der Waals surface area contributed by atoms with E-state index < -0.39 is 0 Å². The van der Waals surface area contributed by atoms with E-state index in [4.69, 9.17) is 4.52 Å². The highest BCUT2D eigenvalue weighted by Gasteiger charge is 2.32. The molecule has 20 heavy (non-hydrogen) atoms. The molecule has 3 rings (SSSR count). The molecule has 0 saturated heterocycles. The molecule has 1 atom stereocenters. The predicted octanol–water partition coefficient (Wildman–Crippen LogP) is 2.00. The first-order valence-electron chi connectivity index (χ1n) is 6.71. The molecule has 1 N–H and O–H groups in total. The maximum absolute atomic E-state index is 11.4. The lowest BCUT2D eigenvalue weighted by atomic mass is 10.1. The van der Waals surface area contributed by atoms with Crippen LogP contribution in [0.1, 0.15) is 42.0 Å². The molecule has 2 heterocycles. The van der Waals surface area contributed by atoms with Gasteiger partial charge >= 0.3 is 0 Å². The average molecular weight is 272 g/mol. The number of nitrogens with one attached hydrogen (secondary N) is 1. The largest absolute Gasteiger partial charge is 0.354 e. The smallest absolute Gasteiger partial charge is 0.269 e. The van der Waals surface area contributed by atoms with E-state index in [1.54, 1.807) is 25.4 Å². The van der Waals surface area contributed by atoms with Crippen LogP contribution in [0, 0.1) is 5.92 Å². The second-order valence-electron chi connectivity index (χ2n) is 5.10. The van der Waals surface area contributed by atoms with Gasteiger partial charge in [0.25, 0.3) is 11.8 Å². The number of amides is 1. The van der Waals surface area contributed by atoms with Gasteiger partial charge in [0.05, 0.1) is 5.56 Å². The maximum atomic E-state index is 11.4. The summed E-state index contributed by atoms with van der Waals surface area (Å²) < 4.78 is 5.27. The topological polar surface area (TPSA) is 80.9 Å². The Labute approximate surface area is 116 Å². The molecule has 1 unspecified atom stereocenters. The standard InChI is InChI=1S/C14H16N4O2/c1-8(9-3-4-9)12-17-14(20-18-12)10-5-6-11(16-7-10)13(19)15-2/h5-9H,3-4H2,1-2H3,(H,15,19). The van der Waals surface area contributed by atoms with E-state index in [2.05, 4.69) is 27.4 Å². The van der Waals surface area contributed by atoms with Crippen molar-refractivity contribution in [3.05, 3.63) is 29.8 Å². The normalized spacial score (nSPS) is 15.9. The maximum Gasteiger partial charge on any atom is 0.269 e. The van der Waals surface area contributed by atoms with Crippen LogP contribution in [0.3, 0.4) is 0 Å². The summed E-state index contributed by atoms with van der Waals surface area (Å²) in [6, 6.07) is 3.40. The van der Waals surface area contributed by atoms with Crippen LogP contribution < -0.4 is 5.32 Å². The molecular formula is C14H16N4O2. The Hall–Kier alpha value is -2.24. The number of carbonyl (C=O) groups is 1. The van der Waals surface area contributed by atoms with Gasteiger partial charge in [-0.2, -0.15) is 4.98 Å². The molecule has 2 aromatic heterocycles. The average Bonchev–Trinajstić information content (AvgIpc) is 3.23. The Morgan fingerprint density at radius 3 is 2.85 bits per heavy atom. The van der Waals surface area contributed by atoms with Crippen LogP contribution in [0.2, 0.25) is 0 Å². The van der Waals surface area contributed by atoms with Crippen molar-refractivity contribution in [2.45, 2.75) is 25.7 Å². The van der Waals surface area contributed by atoms with Crippen LogP contribution in [0.4, 0.5) is 0 Å². The zero-order valence-electron chi connectivity index (χ0n) is 11.5. The Morgan fingerprint density at radius 2 is 2.25 bits per heavy atom. The van der Waals surface area contributed by atoms with E-state index >= 15 is 0 Å². The third-order valence-corrected chi connectivity index (χ3v) is 3.65. The fourth-order valence-corrected chi connectivity index (χ4v) is 2.13. The second kappa shape index (κ2) is 5.03. The summed E-state index contributed by atoms with van der Waals surface area (Å²) in [7, 11) is 1.57. The fraction of sp³-hybridized carbons (Fsp3) is 0.429. The third kappa shape index (κ3) is 2.41. The van der Waals surface area contributed by atoms with E-state index in [1.807, 2.05) is 0 Å². The van der Waals surface area contributed by atoms with Gasteiger partial charge in [-0.3, -0.25) is 9.78 Å². The van der Waals surface area contributed by atoms with Crippen molar-refractivity contribution in [2.75, 3.05) is 7.05 Å². The van der Waals surface area contributed by atoms with Crippen molar-refractivity contribution in [3.63, 3.8) is 0 Å². The molecule has 6 heteroatoms. The Kier molecular flexibility index (Phi) is 3.22. The second-order valence-corrected chi connectivity index (χ2v) is 5.10. The summed E-state index contributed by atoms with van der Waals surface area (Å²) in [5.41, 5.74) is 1.08. The molecule has 0 radical (unpaired) electrons. The molecule has 1 aliphatic carbocycles. The molecule has 0 aliphatic heterocycles. The van der Waals surface area contributed by atoms with Crippen molar-refractivity contribution in [1.82, 2.24) is 20.4 Å². The molecular weight excluding hydrogens is 256 g/mol. The summed E-state index contributed by atoms with van der Waals surface area (Å²) in [5.74, 6) is 2.01. The van der Waals surface area contributed by atoms with Crippen LogP contribution in [0.5, 0.6) is 0 Å². The van der Waals surface area contributed by atoms with E-state index in [0.717, 1.165) is 11.4 Å². The molecule has 1 amide bonds. The SMILES string of the molecule is CNC(=O)c1ccc(-c2nc(C(C)C3CC3)no2)cn1. The van der Waals surface area contributed by atoms with Crippen molar-refractivity contribution in [2.24, 2.45) is 5.92 Å². The van der Waals surface area contributed by atoms with E-state index in [1.165, 1.54) is 12.8 Å². The first-order valence-corrected chi connectivity index (χ1v) is 6.71. The highest BCUT2D eigenvalue weighted by atomic mass is 16.5. The van der Waals surface area contributed by atoms with E-state index in [0.29, 0.717) is 23.4 Å². The lowest BCUT2D eigenvalue weighted by molar-refractivity contribution is 0.0958. The Morgan fingerprint density at radius 1 is 1.45 bits per heavy atom. The summed E-state index contributed by atoms with van der Waals surface area (Å²) in [6.07, 6.45) is 4.06. The van der Waals surface area contributed by atoms with Gasteiger partial charge in [-0.25, -0.2) is 0 Å². The fourth-order valence-electron chi connectivity index (χ4n) is 2.13. The number of pyridine rings is 1. The first-order chi connectivity index (χ1) is 9.69. The number of aromatic nitrogens is 3. The van der Waals surface area contributed by atoms with Crippen molar-refractivity contribution < 1.29 is 9.32 Å². The van der Waals surface area contributed by atoms with Gasteiger partial charge in [0.15, 0.2) is 5.82 Å². The number of hydrogen-bond acceptors (Lipinski definition) is 5. The lowest BCUT2D eigenvalue weighted by Crippen LogP contribution is -2.18. The van der Waals surface area contributed by atoms with E-state index in [-0.39, 0.29) is 5.91 Å². The van der Waals surface area contributed by atoms with Crippen LogP contribution in [-0.2, 0) is 0 Å². The van der Waals surface area contributed by atoms with Gasteiger partial charge in [0.1, 0.15) is 5.69 Å². The predicted molar refractivity (Wildman–Crippen MR) is 72.1 cm³/mol. The quantitative estimate of drug-likeness (QED) is 0.920. The molecule has 1 saturated carbocycles. The van der Waals surface area contributed by atoms with E-state index in [9.17, 15) is 4.79 Å². The molecule has 1 aliphatic rings. The minimum absolute atomic E-state index is 0.217. The zero-order valence-corrected chi connectivity index (χ0v) is 11.5. The summed E-state index contributed by atoms with van der Waals surface area (Å²) in [4.78, 5) is 19.9. The molecule has 104 valence electrons. The summed E-state index contributed by atoms with van der Waals surface area (Å²) >= 11 is 0. The monoisotopic (exact) mass is 272 g/mol. The van der Waals surface area contributed by atoms with Crippen LogP contribution in [0.15, 0.2) is 22.9 Å². The summed E-state index contributed by atoms with van der Waals surface area (Å²) in [5, 5.41) is 6.56. The van der Waals surface area contributed by atoms with Gasteiger partial charge in [0.2, 0.25) is 0 Å². The first kappa shape index (κ1) is 12.8. The Balaban J connectivity index is 1.80. The van der Waals surface area contributed by atoms with Crippen LogP contribution in [-0.4, -0.2) is 28.1 Å². The minimum atomic E-state index is -0.217. The van der Waals surface area contributed by atoms with Gasteiger partial charge in [-0.15, -0.1) is 0 Å². The lowest BCUT2D eigenvalue weighted by Gasteiger charge is -2.01. The zero-order chi connectivity index (χ0) is 14.1. The molecule has 0 aromatic carbocycles. The Bertz CT molecular complexity index is 616. The molecule has 1 fully saturated rings. The highest BCUT2D eigenvalue weighted by molar-refractivity contribution is 5.92. The van der Waals surface area contributed by atoms with Gasteiger partial charge < -0.3 is 9.84 Å². The summed E-state index contributed by atoms with van der Waals surface area (Å²) in [6.45, 7) is 2.12. The highest BCUT2D eigenvalue weighted by Crippen LogP contribution is 2.41. The number of hydrogen-bond donors (Lipinski definition) is 1. The van der Waals surface area contributed by atoms with Gasteiger partial charge in [-0.1, -0.05) is 12.1 Å². The molecule has 0 bridgehead atoms. The van der Waals surface area contributed by atoms with Gasteiger partial charge in [-0.05, 0) is 30.9 Å². The van der Waals surface area contributed by atoms with Crippen molar-refractivity contribution >= 4 is 5.91 Å². The third-order valence-electron chi connectivity index (χ3n) is 3.65. The van der Waals surface area contributed by atoms with Crippen LogP contribution >= 0.6 is 0 Å². The molecule has 2 aromatic rings. The van der Waals surface area contributed by atoms with Crippen LogP contribution in [0.25, 0.3) is 11.5 Å².